The summed E-state index contributed by atoms with van der Waals surface area (Å²) in [7, 11) is 0. The second kappa shape index (κ2) is 3.95. The second-order valence-electron chi connectivity index (χ2n) is 2.52. The molecule has 60 valence electrons. The molecular formula is C9H12IN. The number of alkyl halides is 1. The van der Waals surface area contributed by atoms with Gasteiger partial charge in [0.05, 0.1) is 0 Å². The molecule has 0 aromatic heterocycles. The lowest BCUT2D eigenvalue weighted by Gasteiger charge is -2.03. The Balaban J connectivity index is 2.99. The molecule has 2 N–H and O–H groups in total. The summed E-state index contributed by atoms with van der Waals surface area (Å²) in [6, 6.07) is 6.32. The SMILES string of the molecule is CCc1ccc(CI)c(N)c1. The molecule has 0 atom stereocenters. The first-order valence-electron chi connectivity index (χ1n) is 3.71. The summed E-state index contributed by atoms with van der Waals surface area (Å²) in [5.41, 5.74) is 9.29. The summed E-state index contributed by atoms with van der Waals surface area (Å²) in [6.45, 7) is 2.14. The molecule has 0 unspecified atom stereocenters. The van der Waals surface area contributed by atoms with Crippen molar-refractivity contribution >= 4 is 28.3 Å². The first kappa shape index (κ1) is 8.84. The Morgan fingerprint density at radius 2 is 2.18 bits per heavy atom. The van der Waals surface area contributed by atoms with E-state index in [-0.39, 0.29) is 0 Å². The van der Waals surface area contributed by atoms with Crippen molar-refractivity contribution < 1.29 is 0 Å². The molecule has 0 aliphatic heterocycles. The third-order valence-corrected chi connectivity index (χ3v) is 2.58. The zero-order chi connectivity index (χ0) is 8.27. The molecule has 11 heavy (non-hydrogen) atoms. The van der Waals surface area contributed by atoms with E-state index in [9.17, 15) is 0 Å². The Bertz CT molecular complexity index is 245. The van der Waals surface area contributed by atoms with Crippen molar-refractivity contribution in [1.82, 2.24) is 0 Å². The highest BCUT2D eigenvalue weighted by Crippen LogP contribution is 2.17. The summed E-state index contributed by atoms with van der Waals surface area (Å²) in [5.74, 6) is 0. The summed E-state index contributed by atoms with van der Waals surface area (Å²) in [6.07, 6.45) is 1.06. The van der Waals surface area contributed by atoms with Crippen LogP contribution in [0.4, 0.5) is 5.69 Å². The molecule has 1 nitrogen and oxygen atoms in total. The molecule has 1 aromatic rings. The first-order valence-corrected chi connectivity index (χ1v) is 5.23. The minimum absolute atomic E-state index is 0.929. The Kier molecular flexibility index (Phi) is 3.17. The molecule has 0 bridgehead atoms. The highest BCUT2D eigenvalue weighted by atomic mass is 127. The standard InChI is InChI=1S/C9H12IN/c1-2-7-3-4-8(6-10)9(11)5-7/h3-5H,2,6,11H2,1H3. The van der Waals surface area contributed by atoms with Gasteiger partial charge in [-0.1, -0.05) is 41.6 Å². The molecule has 0 radical (unpaired) electrons. The van der Waals surface area contributed by atoms with Crippen LogP contribution in [0.1, 0.15) is 18.1 Å². The van der Waals surface area contributed by atoms with Crippen LogP contribution in [0, 0.1) is 0 Å². The van der Waals surface area contributed by atoms with Crippen molar-refractivity contribution in [2.24, 2.45) is 0 Å². The van der Waals surface area contributed by atoms with Crippen LogP contribution < -0.4 is 5.73 Å². The number of nitrogens with two attached hydrogens (primary N) is 1. The third kappa shape index (κ3) is 2.09. The summed E-state index contributed by atoms with van der Waals surface area (Å²) in [4.78, 5) is 0. The van der Waals surface area contributed by atoms with E-state index in [2.05, 4.69) is 47.7 Å². The highest BCUT2D eigenvalue weighted by molar-refractivity contribution is 14.1. The molecule has 0 amide bonds. The Hall–Kier alpha value is -0.250. The third-order valence-electron chi connectivity index (χ3n) is 1.76. The first-order chi connectivity index (χ1) is 5.27. The van der Waals surface area contributed by atoms with E-state index in [1.165, 1.54) is 11.1 Å². The van der Waals surface area contributed by atoms with E-state index < -0.39 is 0 Å². The van der Waals surface area contributed by atoms with E-state index in [1.807, 2.05) is 0 Å². The fraction of sp³-hybridized carbons (Fsp3) is 0.333. The average molecular weight is 261 g/mol. The van der Waals surface area contributed by atoms with E-state index in [0.717, 1.165) is 16.5 Å². The van der Waals surface area contributed by atoms with Crippen molar-refractivity contribution in [3.63, 3.8) is 0 Å². The number of halogens is 1. The van der Waals surface area contributed by atoms with Gasteiger partial charge in [0, 0.05) is 10.1 Å². The van der Waals surface area contributed by atoms with Gasteiger partial charge in [0.1, 0.15) is 0 Å². The van der Waals surface area contributed by atoms with Crippen LogP contribution in [0.25, 0.3) is 0 Å². The lowest BCUT2D eigenvalue weighted by atomic mass is 10.1. The van der Waals surface area contributed by atoms with Crippen molar-refractivity contribution in [2.45, 2.75) is 17.8 Å². The molecule has 2 heteroatoms. The van der Waals surface area contributed by atoms with Crippen molar-refractivity contribution in [1.29, 1.82) is 0 Å². The van der Waals surface area contributed by atoms with E-state index >= 15 is 0 Å². The van der Waals surface area contributed by atoms with E-state index in [4.69, 9.17) is 5.73 Å². The van der Waals surface area contributed by atoms with Crippen LogP contribution in [-0.2, 0) is 10.8 Å². The number of rotatable bonds is 2. The van der Waals surface area contributed by atoms with Crippen LogP contribution in [0.3, 0.4) is 0 Å². The Labute approximate surface area is 81.1 Å². The van der Waals surface area contributed by atoms with Crippen LogP contribution in [0.15, 0.2) is 18.2 Å². The van der Waals surface area contributed by atoms with Crippen molar-refractivity contribution in [2.75, 3.05) is 5.73 Å². The summed E-state index contributed by atoms with van der Waals surface area (Å²) < 4.78 is 0.994. The molecule has 0 aliphatic carbocycles. The fourth-order valence-corrected chi connectivity index (χ4v) is 1.68. The molecule has 0 aliphatic rings. The average Bonchev–Trinajstić information content (AvgIpc) is 2.04. The van der Waals surface area contributed by atoms with Gasteiger partial charge in [-0.25, -0.2) is 0 Å². The fourth-order valence-electron chi connectivity index (χ4n) is 0.986. The number of benzene rings is 1. The van der Waals surface area contributed by atoms with Gasteiger partial charge in [0.2, 0.25) is 0 Å². The number of anilines is 1. The quantitative estimate of drug-likeness (QED) is 0.494. The zero-order valence-electron chi connectivity index (χ0n) is 6.60. The molecule has 0 saturated heterocycles. The van der Waals surface area contributed by atoms with Crippen molar-refractivity contribution in [3.8, 4) is 0 Å². The molecule has 1 rings (SSSR count). The summed E-state index contributed by atoms with van der Waals surface area (Å²) in [5, 5.41) is 0. The lowest BCUT2D eigenvalue weighted by molar-refractivity contribution is 1.14. The van der Waals surface area contributed by atoms with Crippen LogP contribution >= 0.6 is 22.6 Å². The van der Waals surface area contributed by atoms with Crippen LogP contribution in [0.5, 0.6) is 0 Å². The monoisotopic (exact) mass is 261 g/mol. The molecule has 0 fully saturated rings. The Morgan fingerprint density at radius 3 is 2.64 bits per heavy atom. The minimum Gasteiger partial charge on any atom is -0.398 e. The molecular weight excluding hydrogens is 249 g/mol. The normalized spacial score (nSPS) is 10.0. The molecule has 0 heterocycles. The maximum Gasteiger partial charge on any atom is 0.0357 e. The van der Waals surface area contributed by atoms with Gasteiger partial charge >= 0.3 is 0 Å². The lowest BCUT2D eigenvalue weighted by Crippen LogP contribution is -1.93. The minimum atomic E-state index is 0.929. The van der Waals surface area contributed by atoms with Gasteiger partial charge in [0.15, 0.2) is 0 Å². The zero-order valence-corrected chi connectivity index (χ0v) is 8.76. The van der Waals surface area contributed by atoms with Crippen molar-refractivity contribution in [3.05, 3.63) is 29.3 Å². The molecule has 0 spiro atoms. The predicted molar refractivity (Wildman–Crippen MR) is 58.0 cm³/mol. The van der Waals surface area contributed by atoms with Crippen LogP contribution in [0.2, 0.25) is 0 Å². The smallest absolute Gasteiger partial charge is 0.0357 e. The van der Waals surface area contributed by atoms with Gasteiger partial charge in [-0.05, 0) is 23.6 Å². The second-order valence-corrected chi connectivity index (χ2v) is 3.28. The van der Waals surface area contributed by atoms with Gasteiger partial charge in [-0.15, -0.1) is 0 Å². The largest absolute Gasteiger partial charge is 0.398 e. The maximum absolute atomic E-state index is 5.80. The van der Waals surface area contributed by atoms with Gasteiger partial charge in [0.25, 0.3) is 0 Å². The van der Waals surface area contributed by atoms with Gasteiger partial charge in [-0.3, -0.25) is 0 Å². The van der Waals surface area contributed by atoms with E-state index in [0.29, 0.717) is 0 Å². The maximum atomic E-state index is 5.80. The number of hydrogen-bond acceptors (Lipinski definition) is 1. The Morgan fingerprint density at radius 1 is 1.45 bits per heavy atom. The predicted octanol–water partition coefficient (Wildman–Crippen LogP) is 2.77. The van der Waals surface area contributed by atoms with E-state index in [1.54, 1.807) is 0 Å². The number of nitrogen functional groups attached to an aromatic ring is 1. The number of hydrogen-bond donors (Lipinski definition) is 1. The molecule has 1 aromatic carbocycles. The molecule has 0 saturated carbocycles. The topological polar surface area (TPSA) is 26.0 Å². The highest BCUT2D eigenvalue weighted by Gasteiger charge is 1.96. The van der Waals surface area contributed by atoms with Gasteiger partial charge in [-0.2, -0.15) is 0 Å². The van der Waals surface area contributed by atoms with Gasteiger partial charge < -0.3 is 5.73 Å². The summed E-state index contributed by atoms with van der Waals surface area (Å²) >= 11 is 2.32. The van der Waals surface area contributed by atoms with Crippen LogP contribution in [-0.4, -0.2) is 0 Å². The number of aryl methyl sites for hydroxylation is 1.